The first-order valence-corrected chi connectivity index (χ1v) is 10.8. The monoisotopic (exact) mass is 382 g/mol. The number of aryl methyl sites for hydroxylation is 1. The van der Waals surface area contributed by atoms with Gasteiger partial charge in [0.15, 0.2) is 5.83 Å². The van der Waals surface area contributed by atoms with E-state index in [0.717, 1.165) is 49.3 Å². The molecule has 0 spiro atoms. The molecule has 0 N–H and O–H groups in total. The molecule has 0 radical (unpaired) electrons. The highest BCUT2D eigenvalue weighted by molar-refractivity contribution is 5.86. The topological polar surface area (TPSA) is 0 Å². The van der Waals surface area contributed by atoms with E-state index in [1.807, 2.05) is 19.1 Å². The Balaban J connectivity index is 1.74. The molecule has 1 aliphatic rings. The number of allylic oxidation sites excluding steroid dienone is 3. The number of hydrogen-bond acceptors (Lipinski definition) is 0. The Hall–Kier alpha value is -1.96. The van der Waals surface area contributed by atoms with Gasteiger partial charge in [-0.1, -0.05) is 62.2 Å². The van der Waals surface area contributed by atoms with Crippen LogP contribution in [0.25, 0.3) is 16.6 Å². The molecular formula is C26H32F2. The van der Waals surface area contributed by atoms with Crippen molar-refractivity contribution >= 4 is 16.6 Å². The fourth-order valence-corrected chi connectivity index (χ4v) is 4.43. The molecule has 0 aromatic heterocycles. The van der Waals surface area contributed by atoms with E-state index in [0.29, 0.717) is 11.5 Å². The number of hydrogen-bond donors (Lipinski definition) is 0. The first-order valence-electron chi connectivity index (χ1n) is 10.8. The minimum Gasteiger partial charge on any atom is -0.208 e. The number of benzene rings is 2. The van der Waals surface area contributed by atoms with Gasteiger partial charge in [0.25, 0.3) is 0 Å². The molecule has 28 heavy (non-hydrogen) atoms. The van der Waals surface area contributed by atoms with Crippen molar-refractivity contribution in [1.82, 2.24) is 0 Å². The second kappa shape index (κ2) is 10.0. The summed E-state index contributed by atoms with van der Waals surface area (Å²) < 4.78 is 29.7. The summed E-state index contributed by atoms with van der Waals surface area (Å²) in [6.07, 6.45) is 12.2. The minimum absolute atomic E-state index is 0.252. The Kier molecular flexibility index (Phi) is 7.42. The normalized spacial score (nSPS) is 21.3. The number of halogens is 2. The molecule has 0 nitrogen and oxygen atoms in total. The standard InChI is InChI=1S/C26H32F2/c1-3-5-6-8-20-11-14-23-18-24(16-15-22(23)17-20)26(28)25(27)21-12-9-19(7-4-2)10-13-21/h3,5,11,14-19,21H,4,6-10,12-13H2,1-2H3/b5-3+,26-25?. The third-order valence-corrected chi connectivity index (χ3v) is 6.11. The molecule has 2 heteroatoms. The summed E-state index contributed by atoms with van der Waals surface area (Å²) in [6, 6.07) is 11.7. The van der Waals surface area contributed by atoms with Crippen LogP contribution in [0, 0.1) is 11.8 Å². The van der Waals surface area contributed by atoms with Crippen LogP contribution in [0.3, 0.4) is 0 Å². The van der Waals surface area contributed by atoms with Crippen molar-refractivity contribution < 1.29 is 8.78 Å². The van der Waals surface area contributed by atoms with Crippen LogP contribution < -0.4 is 0 Å². The third-order valence-electron chi connectivity index (χ3n) is 6.11. The second-order valence-electron chi connectivity index (χ2n) is 8.17. The van der Waals surface area contributed by atoms with Crippen molar-refractivity contribution in [2.75, 3.05) is 0 Å². The van der Waals surface area contributed by atoms with E-state index >= 15 is 0 Å². The van der Waals surface area contributed by atoms with Gasteiger partial charge in [0, 0.05) is 11.5 Å². The van der Waals surface area contributed by atoms with E-state index in [9.17, 15) is 8.78 Å². The molecule has 150 valence electrons. The lowest BCUT2D eigenvalue weighted by molar-refractivity contribution is 0.261. The zero-order valence-corrected chi connectivity index (χ0v) is 17.2. The molecule has 2 aromatic carbocycles. The Bertz CT molecular complexity index is 839. The highest BCUT2D eigenvalue weighted by atomic mass is 19.2. The maximum absolute atomic E-state index is 14.9. The van der Waals surface area contributed by atoms with Gasteiger partial charge in [-0.2, -0.15) is 0 Å². The van der Waals surface area contributed by atoms with Crippen LogP contribution in [-0.4, -0.2) is 0 Å². The van der Waals surface area contributed by atoms with Gasteiger partial charge in [0.1, 0.15) is 5.83 Å². The van der Waals surface area contributed by atoms with E-state index < -0.39 is 11.7 Å². The van der Waals surface area contributed by atoms with Crippen molar-refractivity contribution in [3.8, 4) is 0 Å². The Morgan fingerprint density at radius 1 is 1.00 bits per heavy atom. The quantitative estimate of drug-likeness (QED) is 0.421. The van der Waals surface area contributed by atoms with Gasteiger partial charge >= 0.3 is 0 Å². The molecular weight excluding hydrogens is 350 g/mol. The molecule has 1 saturated carbocycles. The van der Waals surface area contributed by atoms with Crippen LogP contribution in [0.1, 0.15) is 69.9 Å². The summed E-state index contributed by atoms with van der Waals surface area (Å²) in [5.41, 5.74) is 1.63. The Morgan fingerprint density at radius 3 is 2.43 bits per heavy atom. The van der Waals surface area contributed by atoms with Crippen molar-refractivity contribution in [2.45, 2.75) is 65.2 Å². The Labute approximate surface area is 168 Å². The average Bonchev–Trinajstić information content (AvgIpc) is 2.73. The zero-order valence-electron chi connectivity index (χ0n) is 17.2. The summed E-state index contributed by atoms with van der Waals surface area (Å²) in [5.74, 6) is -0.770. The summed E-state index contributed by atoms with van der Waals surface area (Å²) in [5, 5.41) is 2.04. The summed E-state index contributed by atoms with van der Waals surface area (Å²) in [4.78, 5) is 0. The predicted octanol–water partition coefficient (Wildman–Crippen LogP) is 8.56. The molecule has 0 unspecified atom stereocenters. The highest BCUT2D eigenvalue weighted by Gasteiger charge is 2.26. The zero-order chi connectivity index (χ0) is 19.9. The first-order chi connectivity index (χ1) is 13.6. The first kappa shape index (κ1) is 20.8. The summed E-state index contributed by atoms with van der Waals surface area (Å²) in [7, 11) is 0. The maximum atomic E-state index is 14.9. The van der Waals surface area contributed by atoms with Gasteiger partial charge < -0.3 is 0 Å². The van der Waals surface area contributed by atoms with Crippen molar-refractivity contribution in [2.24, 2.45) is 11.8 Å². The van der Waals surface area contributed by atoms with Crippen LogP contribution in [-0.2, 0) is 6.42 Å². The molecule has 0 saturated heterocycles. The highest BCUT2D eigenvalue weighted by Crippen LogP contribution is 2.39. The Morgan fingerprint density at radius 2 is 1.71 bits per heavy atom. The lowest BCUT2D eigenvalue weighted by Crippen LogP contribution is -2.15. The fourth-order valence-electron chi connectivity index (χ4n) is 4.43. The molecule has 3 rings (SSSR count). The van der Waals surface area contributed by atoms with E-state index in [4.69, 9.17) is 0 Å². The number of rotatable bonds is 7. The lowest BCUT2D eigenvalue weighted by atomic mass is 9.79. The predicted molar refractivity (Wildman–Crippen MR) is 117 cm³/mol. The fraction of sp³-hybridized carbons (Fsp3) is 0.462. The second-order valence-corrected chi connectivity index (χ2v) is 8.17. The molecule has 0 heterocycles. The summed E-state index contributed by atoms with van der Waals surface area (Å²) in [6.45, 7) is 4.22. The van der Waals surface area contributed by atoms with Crippen molar-refractivity contribution in [3.63, 3.8) is 0 Å². The van der Waals surface area contributed by atoms with Gasteiger partial charge in [-0.25, -0.2) is 8.78 Å². The molecule has 0 aliphatic heterocycles. The smallest absolute Gasteiger partial charge is 0.162 e. The average molecular weight is 383 g/mol. The van der Waals surface area contributed by atoms with Gasteiger partial charge in [-0.05, 0) is 73.8 Å². The van der Waals surface area contributed by atoms with Crippen molar-refractivity contribution in [1.29, 1.82) is 0 Å². The van der Waals surface area contributed by atoms with Gasteiger partial charge in [-0.15, -0.1) is 0 Å². The molecule has 2 aromatic rings. The van der Waals surface area contributed by atoms with E-state index in [2.05, 4.69) is 31.2 Å². The molecule has 0 amide bonds. The van der Waals surface area contributed by atoms with Crippen LogP contribution in [0.15, 0.2) is 54.4 Å². The van der Waals surface area contributed by atoms with E-state index in [1.54, 1.807) is 12.1 Å². The summed E-state index contributed by atoms with van der Waals surface area (Å²) >= 11 is 0. The van der Waals surface area contributed by atoms with E-state index in [-0.39, 0.29) is 5.92 Å². The third kappa shape index (κ3) is 5.10. The minimum atomic E-state index is -0.669. The van der Waals surface area contributed by atoms with E-state index in [1.165, 1.54) is 18.4 Å². The molecule has 1 aliphatic carbocycles. The van der Waals surface area contributed by atoms with Gasteiger partial charge in [0.05, 0.1) is 0 Å². The lowest BCUT2D eigenvalue weighted by Gasteiger charge is -2.27. The molecule has 1 fully saturated rings. The van der Waals surface area contributed by atoms with Crippen LogP contribution in [0.4, 0.5) is 8.78 Å². The van der Waals surface area contributed by atoms with Crippen LogP contribution in [0.5, 0.6) is 0 Å². The molecule has 0 bridgehead atoms. The maximum Gasteiger partial charge on any atom is 0.162 e. The van der Waals surface area contributed by atoms with Crippen LogP contribution >= 0.6 is 0 Å². The van der Waals surface area contributed by atoms with Gasteiger partial charge in [0.2, 0.25) is 0 Å². The van der Waals surface area contributed by atoms with Crippen LogP contribution in [0.2, 0.25) is 0 Å². The largest absolute Gasteiger partial charge is 0.208 e. The van der Waals surface area contributed by atoms with Crippen molar-refractivity contribution in [3.05, 3.63) is 65.5 Å². The molecule has 0 atom stereocenters. The number of fused-ring (bicyclic) bond motifs is 1. The SMILES string of the molecule is C/C=C/CCc1ccc2cc(C(F)=C(F)C3CCC(CCC)CC3)ccc2c1. The van der Waals surface area contributed by atoms with Gasteiger partial charge in [-0.3, -0.25) is 0 Å².